The van der Waals surface area contributed by atoms with Crippen molar-refractivity contribution in [2.75, 3.05) is 7.11 Å². The van der Waals surface area contributed by atoms with E-state index in [0.29, 0.717) is 29.6 Å². The van der Waals surface area contributed by atoms with Crippen molar-refractivity contribution in [2.45, 2.75) is 58.7 Å². The van der Waals surface area contributed by atoms with Gasteiger partial charge >= 0.3 is 5.97 Å². The van der Waals surface area contributed by atoms with Crippen molar-refractivity contribution in [1.82, 2.24) is 0 Å². The fraction of sp³-hybridized carbons (Fsp3) is 0.583. The first kappa shape index (κ1) is 20.9. The van der Waals surface area contributed by atoms with E-state index in [1.807, 2.05) is 13.0 Å². The highest BCUT2D eigenvalue weighted by Gasteiger charge is 2.72. The Hall–Kier alpha value is -2.34. The van der Waals surface area contributed by atoms with Gasteiger partial charge in [-0.2, -0.15) is 0 Å². The van der Waals surface area contributed by atoms with Crippen LogP contribution in [0.15, 0.2) is 23.8 Å². The number of carbonyl (C=O) groups is 2. The molecule has 0 saturated heterocycles. The molecule has 0 radical (unpaired) electrons. The van der Waals surface area contributed by atoms with Crippen LogP contribution in [0.3, 0.4) is 0 Å². The zero-order valence-electron chi connectivity index (χ0n) is 18.2. The van der Waals surface area contributed by atoms with Gasteiger partial charge in [0.25, 0.3) is 0 Å². The molecule has 0 bridgehead atoms. The van der Waals surface area contributed by atoms with Crippen LogP contribution in [-0.4, -0.2) is 41.3 Å². The molecule has 6 nitrogen and oxygen atoms in total. The molecule has 5 unspecified atom stereocenters. The van der Waals surface area contributed by atoms with Crippen LogP contribution in [0.2, 0.25) is 0 Å². The number of benzene rings is 1. The molecule has 5 atom stereocenters. The van der Waals surface area contributed by atoms with Crippen molar-refractivity contribution < 1.29 is 29.3 Å². The van der Waals surface area contributed by atoms with Gasteiger partial charge in [-0.25, -0.2) is 4.79 Å². The first-order valence-electron chi connectivity index (χ1n) is 10.5. The number of aliphatic hydroxyl groups is 1. The number of aldehydes is 1. The summed E-state index contributed by atoms with van der Waals surface area (Å²) in [5, 5.41) is 22.0. The number of aromatic hydroxyl groups is 1. The van der Waals surface area contributed by atoms with Crippen molar-refractivity contribution >= 4 is 12.3 Å². The Morgan fingerprint density at radius 3 is 2.50 bits per heavy atom. The minimum atomic E-state index is -1.51. The van der Waals surface area contributed by atoms with Gasteiger partial charge in [0.15, 0.2) is 0 Å². The lowest BCUT2D eigenvalue weighted by Gasteiger charge is -2.64. The topological polar surface area (TPSA) is 93.1 Å². The second kappa shape index (κ2) is 6.58. The van der Waals surface area contributed by atoms with E-state index >= 15 is 0 Å². The summed E-state index contributed by atoms with van der Waals surface area (Å²) in [5.41, 5.74) is -1.04. The van der Waals surface area contributed by atoms with Gasteiger partial charge < -0.3 is 19.7 Å². The Morgan fingerprint density at radius 2 is 1.90 bits per heavy atom. The van der Waals surface area contributed by atoms with Gasteiger partial charge in [0.1, 0.15) is 35.1 Å². The number of phenolic OH excluding ortho intramolecular Hbond substituents is 1. The number of phenols is 1. The second-order valence-electron chi connectivity index (χ2n) is 10.2. The van der Waals surface area contributed by atoms with Crippen LogP contribution < -0.4 is 4.74 Å². The van der Waals surface area contributed by atoms with Crippen LogP contribution in [0.25, 0.3) is 0 Å². The number of ether oxygens (including phenoxy) is 2. The van der Waals surface area contributed by atoms with Crippen LogP contribution in [0.5, 0.6) is 11.5 Å². The van der Waals surface area contributed by atoms with Gasteiger partial charge in [0.2, 0.25) is 0 Å². The first-order chi connectivity index (χ1) is 14.0. The van der Waals surface area contributed by atoms with Gasteiger partial charge in [-0.05, 0) is 55.1 Å². The third kappa shape index (κ3) is 2.73. The average molecular weight is 414 g/mol. The predicted molar refractivity (Wildman–Crippen MR) is 110 cm³/mol. The summed E-state index contributed by atoms with van der Waals surface area (Å²) in [7, 11) is 1.48. The number of hydrogen-bond acceptors (Lipinski definition) is 6. The maximum atomic E-state index is 12.9. The monoisotopic (exact) mass is 414 g/mol. The van der Waals surface area contributed by atoms with Gasteiger partial charge in [-0.15, -0.1) is 0 Å². The average Bonchev–Trinajstić information content (AvgIpc) is 2.98. The lowest BCUT2D eigenvalue weighted by atomic mass is 9.44. The molecule has 2 saturated carbocycles. The van der Waals surface area contributed by atoms with E-state index in [1.54, 1.807) is 13.0 Å². The minimum absolute atomic E-state index is 0.0420. The Kier molecular flexibility index (Phi) is 4.59. The quantitative estimate of drug-likeness (QED) is 0.578. The van der Waals surface area contributed by atoms with Crippen molar-refractivity contribution in [1.29, 1.82) is 0 Å². The van der Waals surface area contributed by atoms with E-state index in [1.165, 1.54) is 13.2 Å². The summed E-state index contributed by atoms with van der Waals surface area (Å²) in [6, 6.07) is 2.99. The smallest absolute Gasteiger partial charge is 0.342 e. The Labute approximate surface area is 176 Å². The Bertz CT molecular complexity index is 924. The molecular weight excluding hydrogens is 384 g/mol. The molecule has 2 fully saturated rings. The van der Waals surface area contributed by atoms with Crippen LogP contribution in [0.1, 0.15) is 56.0 Å². The summed E-state index contributed by atoms with van der Waals surface area (Å²) >= 11 is 0. The maximum absolute atomic E-state index is 12.9. The Morgan fingerprint density at radius 1 is 1.20 bits per heavy atom. The van der Waals surface area contributed by atoms with E-state index < -0.39 is 23.1 Å². The maximum Gasteiger partial charge on any atom is 0.342 e. The number of fused-ring (bicyclic) bond motifs is 3. The van der Waals surface area contributed by atoms with Gasteiger partial charge in [-0.3, -0.25) is 4.79 Å². The number of carbonyl (C=O) groups excluding carboxylic acids is 2. The molecule has 0 amide bonds. The fourth-order valence-corrected chi connectivity index (χ4v) is 6.28. The van der Waals surface area contributed by atoms with Crippen LogP contribution in [0, 0.1) is 29.6 Å². The second-order valence-corrected chi connectivity index (χ2v) is 10.2. The van der Waals surface area contributed by atoms with Crippen LogP contribution in [0.4, 0.5) is 0 Å². The molecule has 162 valence electrons. The Balaban J connectivity index is 1.64. The third-order valence-electron chi connectivity index (χ3n) is 7.78. The minimum Gasteiger partial charge on any atom is -0.507 e. The number of methoxy groups -OCH3 is 1. The molecule has 0 heterocycles. The first-order valence-corrected chi connectivity index (χ1v) is 10.5. The van der Waals surface area contributed by atoms with E-state index in [4.69, 9.17) is 9.47 Å². The van der Waals surface area contributed by atoms with Gasteiger partial charge in [0.05, 0.1) is 7.11 Å². The summed E-state index contributed by atoms with van der Waals surface area (Å²) < 4.78 is 10.8. The number of aryl methyl sites for hydroxylation is 1. The highest BCUT2D eigenvalue weighted by molar-refractivity contribution is 5.94. The molecule has 30 heavy (non-hydrogen) atoms. The highest BCUT2D eigenvalue weighted by atomic mass is 16.6. The van der Waals surface area contributed by atoms with E-state index in [9.17, 15) is 19.8 Å². The molecule has 3 aliphatic rings. The van der Waals surface area contributed by atoms with Gasteiger partial charge in [0, 0.05) is 17.1 Å². The number of rotatable bonds is 4. The number of esters is 1. The number of hydrogen-bond donors (Lipinski definition) is 2. The summed E-state index contributed by atoms with van der Waals surface area (Å²) in [5.74, 6) is -0.0439. The molecule has 2 N–H and O–H groups in total. The zero-order chi connectivity index (χ0) is 22.1. The van der Waals surface area contributed by atoms with Crippen molar-refractivity contribution in [2.24, 2.45) is 22.7 Å². The van der Waals surface area contributed by atoms with E-state index in [-0.39, 0.29) is 28.6 Å². The summed E-state index contributed by atoms with van der Waals surface area (Å²) in [6.07, 6.45) is 4.17. The highest BCUT2D eigenvalue weighted by Crippen LogP contribution is 2.68. The molecule has 3 aliphatic carbocycles. The predicted octanol–water partition coefficient (Wildman–Crippen LogP) is 3.57. The molecule has 6 heteroatoms. The zero-order valence-corrected chi connectivity index (χ0v) is 18.2. The van der Waals surface area contributed by atoms with E-state index in [2.05, 4.69) is 13.8 Å². The third-order valence-corrected chi connectivity index (χ3v) is 7.78. The lowest BCUT2D eigenvalue weighted by Crippen LogP contribution is -2.72. The van der Waals surface area contributed by atoms with E-state index in [0.717, 1.165) is 12.8 Å². The fourth-order valence-electron chi connectivity index (χ4n) is 6.28. The molecular formula is C24H30O6. The van der Waals surface area contributed by atoms with Crippen LogP contribution >= 0.6 is 0 Å². The van der Waals surface area contributed by atoms with Crippen LogP contribution in [-0.2, 0) is 9.53 Å². The van der Waals surface area contributed by atoms with Crippen molar-refractivity contribution in [3.05, 3.63) is 34.9 Å². The van der Waals surface area contributed by atoms with Crippen molar-refractivity contribution in [3.8, 4) is 11.5 Å². The standard InChI is InChI=1S/C24H30O6/c1-13-6-16(29-5)8-18(26)20(13)21(27)30-19-11-23(4)17-10-22(2,3)9-14(17)7-15(12-25)24(19,23)28/h6-8,12,14,17,19,26,28H,9-11H2,1-5H3. The molecule has 0 spiro atoms. The summed E-state index contributed by atoms with van der Waals surface area (Å²) in [6.45, 7) is 8.12. The lowest BCUT2D eigenvalue weighted by molar-refractivity contribution is -0.246. The molecule has 4 rings (SSSR count). The normalized spacial score (nSPS) is 36.1. The molecule has 0 aliphatic heterocycles. The largest absolute Gasteiger partial charge is 0.507 e. The molecule has 1 aromatic carbocycles. The number of allylic oxidation sites excluding steroid dienone is 1. The summed E-state index contributed by atoms with van der Waals surface area (Å²) in [4.78, 5) is 24.8. The SMILES string of the molecule is COc1cc(C)c(C(=O)OC2CC3(C)C4CC(C)(C)CC4C=C(C=O)C23O)c(O)c1. The molecule has 1 aromatic rings. The van der Waals surface area contributed by atoms with Crippen molar-refractivity contribution in [3.63, 3.8) is 0 Å². The van der Waals surface area contributed by atoms with Gasteiger partial charge in [-0.1, -0.05) is 26.8 Å². The molecule has 0 aromatic heterocycles.